The SMILES string of the molecule is N#Cc1ccc([C@H](N)CO)s1. The third-order valence-electron chi connectivity index (χ3n) is 1.30. The molecule has 0 radical (unpaired) electrons. The van der Waals surface area contributed by atoms with Gasteiger partial charge in [0.2, 0.25) is 0 Å². The largest absolute Gasteiger partial charge is 0.394 e. The van der Waals surface area contributed by atoms with Crippen molar-refractivity contribution >= 4 is 11.3 Å². The first kappa shape index (κ1) is 8.21. The highest BCUT2D eigenvalue weighted by molar-refractivity contribution is 7.12. The number of rotatable bonds is 2. The first-order valence-electron chi connectivity index (χ1n) is 3.14. The van der Waals surface area contributed by atoms with Gasteiger partial charge in [-0.1, -0.05) is 0 Å². The van der Waals surface area contributed by atoms with E-state index in [-0.39, 0.29) is 12.6 Å². The molecule has 0 spiro atoms. The summed E-state index contributed by atoms with van der Waals surface area (Å²) >= 11 is 1.32. The van der Waals surface area contributed by atoms with Crippen LogP contribution >= 0.6 is 11.3 Å². The maximum absolute atomic E-state index is 8.67. The molecule has 0 aromatic carbocycles. The van der Waals surface area contributed by atoms with E-state index in [9.17, 15) is 0 Å². The van der Waals surface area contributed by atoms with Gasteiger partial charge in [-0.3, -0.25) is 0 Å². The summed E-state index contributed by atoms with van der Waals surface area (Å²) in [5.74, 6) is 0. The van der Waals surface area contributed by atoms with Crippen LogP contribution in [0.25, 0.3) is 0 Å². The van der Waals surface area contributed by atoms with Crippen LogP contribution < -0.4 is 5.73 Å². The average Bonchev–Trinajstić information content (AvgIpc) is 2.50. The number of hydrogen-bond donors (Lipinski definition) is 2. The number of aliphatic hydroxyl groups is 1. The lowest BCUT2D eigenvalue weighted by Crippen LogP contribution is -2.12. The van der Waals surface area contributed by atoms with Crippen molar-refractivity contribution in [2.75, 3.05) is 6.61 Å². The van der Waals surface area contributed by atoms with Crippen molar-refractivity contribution in [3.8, 4) is 6.07 Å². The fraction of sp³-hybridized carbons (Fsp3) is 0.286. The van der Waals surface area contributed by atoms with Crippen molar-refractivity contribution in [2.24, 2.45) is 5.73 Å². The quantitative estimate of drug-likeness (QED) is 0.679. The van der Waals surface area contributed by atoms with Crippen LogP contribution in [0.4, 0.5) is 0 Å². The molecule has 1 rings (SSSR count). The summed E-state index contributed by atoms with van der Waals surface area (Å²) in [5.41, 5.74) is 5.51. The zero-order chi connectivity index (χ0) is 8.27. The lowest BCUT2D eigenvalue weighted by atomic mass is 10.3. The van der Waals surface area contributed by atoms with Gasteiger partial charge in [0.15, 0.2) is 0 Å². The van der Waals surface area contributed by atoms with E-state index in [0.29, 0.717) is 4.88 Å². The van der Waals surface area contributed by atoms with Gasteiger partial charge in [0.25, 0.3) is 0 Å². The number of nitriles is 1. The van der Waals surface area contributed by atoms with Gasteiger partial charge in [-0.2, -0.15) is 5.26 Å². The van der Waals surface area contributed by atoms with E-state index >= 15 is 0 Å². The minimum atomic E-state index is -0.345. The van der Waals surface area contributed by atoms with E-state index in [1.54, 1.807) is 12.1 Å². The highest BCUT2D eigenvalue weighted by atomic mass is 32.1. The van der Waals surface area contributed by atoms with Gasteiger partial charge >= 0.3 is 0 Å². The molecule has 3 nitrogen and oxygen atoms in total. The molecule has 1 aromatic heterocycles. The van der Waals surface area contributed by atoms with Crippen LogP contribution in [-0.4, -0.2) is 11.7 Å². The standard InChI is InChI=1S/C7H8N2OS/c8-3-5-1-2-7(11-5)6(9)4-10/h1-2,6,10H,4,9H2/t6-/m1/s1. The molecule has 0 saturated carbocycles. The fourth-order valence-electron chi connectivity index (χ4n) is 0.702. The summed E-state index contributed by atoms with van der Waals surface area (Å²) in [6, 6.07) is 5.13. The smallest absolute Gasteiger partial charge is 0.110 e. The molecule has 1 atom stereocenters. The number of nitrogens with zero attached hydrogens (tertiary/aromatic N) is 1. The predicted molar refractivity (Wildman–Crippen MR) is 43.0 cm³/mol. The van der Waals surface area contributed by atoms with Crippen molar-refractivity contribution in [3.05, 3.63) is 21.9 Å². The van der Waals surface area contributed by atoms with Crippen LogP contribution in [0, 0.1) is 11.3 Å². The third kappa shape index (κ3) is 1.77. The number of nitrogens with two attached hydrogens (primary N) is 1. The second-order valence-electron chi connectivity index (χ2n) is 2.10. The Morgan fingerprint density at radius 2 is 2.45 bits per heavy atom. The van der Waals surface area contributed by atoms with Crippen molar-refractivity contribution < 1.29 is 5.11 Å². The van der Waals surface area contributed by atoms with Gasteiger partial charge in [-0.25, -0.2) is 0 Å². The topological polar surface area (TPSA) is 70.0 Å². The molecule has 11 heavy (non-hydrogen) atoms. The number of thiophene rings is 1. The zero-order valence-electron chi connectivity index (χ0n) is 5.82. The molecule has 0 fully saturated rings. The molecular weight excluding hydrogens is 160 g/mol. The third-order valence-corrected chi connectivity index (χ3v) is 2.42. The van der Waals surface area contributed by atoms with Gasteiger partial charge in [0, 0.05) is 4.88 Å². The van der Waals surface area contributed by atoms with Crippen LogP contribution in [-0.2, 0) is 0 Å². The van der Waals surface area contributed by atoms with Crippen molar-refractivity contribution in [1.29, 1.82) is 5.26 Å². The molecule has 0 unspecified atom stereocenters. The van der Waals surface area contributed by atoms with Crippen molar-refractivity contribution in [2.45, 2.75) is 6.04 Å². The Morgan fingerprint density at radius 1 is 1.73 bits per heavy atom. The van der Waals surface area contributed by atoms with Crippen LogP contribution in [0.15, 0.2) is 12.1 Å². The first-order chi connectivity index (χ1) is 5.27. The van der Waals surface area contributed by atoms with Crippen LogP contribution in [0.1, 0.15) is 15.8 Å². The predicted octanol–water partition coefficient (Wildman–Crippen LogP) is 0.612. The van der Waals surface area contributed by atoms with E-state index in [2.05, 4.69) is 0 Å². The molecule has 1 aromatic rings. The number of hydrogen-bond acceptors (Lipinski definition) is 4. The van der Waals surface area contributed by atoms with Crippen LogP contribution in [0.5, 0.6) is 0 Å². The highest BCUT2D eigenvalue weighted by Gasteiger charge is 2.06. The first-order valence-corrected chi connectivity index (χ1v) is 3.96. The molecule has 0 amide bonds. The van der Waals surface area contributed by atoms with Crippen molar-refractivity contribution in [1.82, 2.24) is 0 Å². The lowest BCUT2D eigenvalue weighted by molar-refractivity contribution is 0.269. The van der Waals surface area contributed by atoms with Gasteiger partial charge in [0.1, 0.15) is 10.9 Å². The minimum absolute atomic E-state index is 0.0780. The van der Waals surface area contributed by atoms with E-state index in [1.165, 1.54) is 11.3 Å². The Labute approximate surface area is 68.7 Å². The highest BCUT2D eigenvalue weighted by Crippen LogP contribution is 2.20. The van der Waals surface area contributed by atoms with Gasteiger partial charge < -0.3 is 10.8 Å². The van der Waals surface area contributed by atoms with Crippen LogP contribution in [0.3, 0.4) is 0 Å². The number of aliphatic hydroxyl groups excluding tert-OH is 1. The van der Waals surface area contributed by atoms with Crippen molar-refractivity contribution in [3.63, 3.8) is 0 Å². The van der Waals surface area contributed by atoms with Gasteiger partial charge in [-0.15, -0.1) is 11.3 Å². The summed E-state index contributed by atoms with van der Waals surface area (Å²) in [6.07, 6.45) is 0. The van der Waals surface area contributed by atoms with Gasteiger partial charge in [-0.05, 0) is 12.1 Å². The Hall–Kier alpha value is -0.890. The minimum Gasteiger partial charge on any atom is -0.394 e. The molecule has 4 heteroatoms. The summed E-state index contributed by atoms with van der Waals surface area (Å²) in [4.78, 5) is 1.48. The van der Waals surface area contributed by atoms with E-state index in [0.717, 1.165) is 4.88 Å². The van der Waals surface area contributed by atoms with E-state index in [1.807, 2.05) is 6.07 Å². The second-order valence-corrected chi connectivity index (χ2v) is 3.22. The molecular formula is C7H8N2OS. The molecule has 0 aliphatic carbocycles. The monoisotopic (exact) mass is 168 g/mol. The fourth-order valence-corrected chi connectivity index (χ4v) is 1.50. The normalized spacial score (nSPS) is 12.5. The van der Waals surface area contributed by atoms with E-state index < -0.39 is 0 Å². The summed E-state index contributed by atoms with van der Waals surface area (Å²) in [7, 11) is 0. The Bertz CT molecular complexity index is 276. The van der Waals surface area contributed by atoms with Crippen LogP contribution in [0.2, 0.25) is 0 Å². The molecule has 0 bridgehead atoms. The molecule has 0 saturated heterocycles. The Morgan fingerprint density at radius 3 is 2.91 bits per heavy atom. The zero-order valence-corrected chi connectivity index (χ0v) is 6.64. The summed E-state index contributed by atoms with van der Waals surface area (Å²) in [6.45, 7) is -0.0780. The summed E-state index contributed by atoms with van der Waals surface area (Å²) in [5, 5.41) is 17.1. The molecule has 1 heterocycles. The maximum Gasteiger partial charge on any atom is 0.110 e. The Balaban J connectivity index is 2.82. The average molecular weight is 168 g/mol. The second kappa shape index (κ2) is 3.49. The lowest BCUT2D eigenvalue weighted by Gasteiger charge is -2.02. The van der Waals surface area contributed by atoms with E-state index in [4.69, 9.17) is 16.1 Å². The van der Waals surface area contributed by atoms with Gasteiger partial charge in [0.05, 0.1) is 12.6 Å². The molecule has 3 N–H and O–H groups in total. The Kier molecular flexibility index (Phi) is 2.60. The summed E-state index contributed by atoms with van der Waals surface area (Å²) < 4.78 is 0. The molecule has 0 aliphatic rings. The molecule has 58 valence electrons. The molecule has 0 aliphatic heterocycles. The maximum atomic E-state index is 8.67.